The molecule has 0 aliphatic heterocycles. The van der Waals surface area contributed by atoms with Crippen LogP contribution in [-0.2, 0) is 28.5 Å². The number of nitrogens with zero attached hydrogens (tertiary/aromatic N) is 1. The summed E-state index contributed by atoms with van der Waals surface area (Å²) in [5.41, 5.74) is 0. The van der Waals surface area contributed by atoms with E-state index in [-0.39, 0.29) is 24.7 Å². The van der Waals surface area contributed by atoms with Gasteiger partial charge in [0.25, 0.3) is 0 Å². The van der Waals surface area contributed by atoms with Crippen molar-refractivity contribution in [1.82, 2.24) is 4.90 Å². The first-order valence-electron chi connectivity index (χ1n) is 11.9. The van der Waals surface area contributed by atoms with Gasteiger partial charge in [-0.05, 0) is 44.4 Å². The number of likely N-dealkylation sites (N-methyl/N-ethyl adjacent to an activating group) is 1. The lowest BCUT2D eigenvalue weighted by Crippen LogP contribution is -2.56. The van der Waals surface area contributed by atoms with E-state index in [1.807, 2.05) is 6.92 Å². The van der Waals surface area contributed by atoms with Crippen LogP contribution in [0.4, 0.5) is 35.1 Å². The molecule has 0 aromatic heterocycles. The standard InChI is InChI=1S/C22H33F8NO6S/c1-4-9-16(38)10-7-12-34-14-15-35-13-8-11-17(32)19(23,24)36-21(27,28)22(29,30)37-20(25,26)18(33)31(5-2)6-3/h4-15H2,1-3H3. The highest BCUT2D eigenvalue weighted by molar-refractivity contribution is 7.80. The van der Waals surface area contributed by atoms with Crippen LogP contribution < -0.4 is 0 Å². The number of hydrogen-bond acceptors (Lipinski definition) is 7. The second kappa shape index (κ2) is 16.6. The number of carbonyl (C=O) groups is 2. The molecule has 0 radical (unpaired) electrons. The van der Waals surface area contributed by atoms with Gasteiger partial charge in [-0.3, -0.25) is 9.59 Å². The zero-order chi connectivity index (χ0) is 29.6. The third-order valence-electron chi connectivity index (χ3n) is 4.81. The fourth-order valence-corrected chi connectivity index (χ4v) is 3.16. The largest absolute Gasteiger partial charge is 0.453 e. The molecule has 0 aromatic rings. The van der Waals surface area contributed by atoms with E-state index in [4.69, 9.17) is 21.7 Å². The van der Waals surface area contributed by atoms with Gasteiger partial charge in [-0.25, -0.2) is 9.47 Å². The summed E-state index contributed by atoms with van der Waals surface area (Å²) < 4.78 is 125. The van der Waals surface area contributed by atoms with Crippen LogP contribution in [-0.4, -0.2) is 85.4 Å². The van der Waals surface area contributed by atoms with E-state index >= 15 is 0 Å². The molecular weight excluding hydrogens is 558 g/mol. The van der Waals surface area contributed by atoms with Gasteiger partial charge in [0.2, 0.25) is 5.78 Å². The molecule has 0 N–H and O–H groups in total. The van der Waals surface area contributed by atoms with E-state index in [9.17, 15) is 44.7 Å². The summed E-state index contributed by atoms with van der Waals surface area (Å²) in [4.78, 5) is 24.3. The summed E-state index contributed by atoms with van der Waals surface area (Å²) in [5.74, 6) is -4.73. The molecule has 0 bridgehead atoms. The molecule has 38 heavy (non-hydrogen) atoms. The number of ether oxygens (including phenoxy) is 4. The lowest BCUT2D eigenvalue weighted by Gasteiger charge is -2.31. The van der Waals surface area contributed by atoms with Crippen LogP contribution in [0.1, 0.15) is 59.3 Å². The zero-order valence-electron chi connectivity index (χ0n) is 21.3. The monoisotopic (exact) mass is 591 g/mol. The molecule has 0 saturated heterocycles. The number of rotatable bonds is 22. The highest BCUT2D eigenvalue weighted by Crippen LogP contribution is 2.44. The van der Waals surface area contributed by atoms with Crippen LogP contribution in [0.3, 0.4) is 0 Å². The Balaban J connectivity index is 4.61. The van der Waals surface area contributed by atoms with Gasteiger partial charge in [0.15, 0.2) is 0 Å². The number of Topliss-reactive ketones (excluding diaryl/α,β-unsaturated/α-hetero) is 1. The smallest absolute Gasteiger partial charge is 0.379 e. The maximum atomic E-state index is 13.8. The molecule has 1 amide bonds. The number of hydrogen-bond donors (Lipinski definition) is 0. The van der Waals surface area contributed by atoms with Crippen molar-refractivity contribution in [2.24, 2.45) is 0 Å². The summed E-state index contributed by atoms with van der Waals surface area (Å²) >= 11 is 5.14. The lowest BCUT2D eigenvalue weighted by molar-refractivity contribution is -0.500. The van der Waals surface area contributed by atoms with E-state index in [1.165, 1.54) is 13.8 Å². The van der Waals surface area contributed by atoms with Gasteiger partial charge in [-0.2, -0.15) is 35.1 Å². The Hall–Kier alpha value is -1.49. The van der Waals surface area contributed by atoms with Crippen LogP contribution in [0.15, 0.2) is 0 Å². The van der Waals surface area contributed by atoms with Crippen molar-refractivity contribution in [2.75, 3.05) is 39.5 Å². The van der Waals surface area contributed by atoms with Crippen molar-refractivity contribution in [1.29, 1.82) is 0 Å². The molecule has 0 unspecified atom stereocenters. The first-order chi connectivity index (χ1) is 17.5. The number of alkyl halides is 8. The van der Waals surface area contributed by atoms with E-state index in [2.05, 4.69) is 9.47 Å². The van der Waals surface area contributed by atoms with Crippen molar-refractivity contribution < 1.29 is 63.7 Å². The van der Waals surface area contributed by atoms with Gasteiger partial charge >= 0.3 is 30.3 Å². The molecule has 0 aliphatic rings. The van der Waals surface area contributed by atoms with Crippen LogP contribution >= 0.6 is 12.2 Å². The maximum Gasteiger partial charge on any atom is 0.453 e. The highest BCUT2D eigenvalue weighted by Gasteiger charge is 2.69. The molecule has 7 nitrogen and oxygen atoms in total. The van der Waals surface area contributed by atoms with E-state index < -0.39 is 62.1 Å². The van der Waals surface area contributed by atoms with Crippen molar-refractivity contribution in [3.63, 3.8) is 0 Å². The molecular formula is C22H33F8NO6S. The summed E-state index contributed by atoms with van der Waals surface area (Å²) in [6.45, 7) is 3.87. The maximum absolute atomic E-state index is 13.8. The van der Waals surface area contributed by atoms with E-state index in [0.717, 1.165) is 24.1 Å². The average Bonchev–Trinajstić information content (AvgIpc) is 2.79. The summed E-state index contributed by atoms with van der Waals surface area (Å²) in [6.07, 6.45) is -22.1. The minimum atomic E-state index is -6.41. The van der Waals surface area contributed by atoms with Crippen LogP contribution in [0.5, 0.6) is 0 Å². The molecule has 0 aromatic carbocycles. The van der Waals surface area contributed by atoms with E-state index in [1.54, 1.807) is 0 Å². The lowest BCUT2D eigenvalue weighted by atomic mass is 10.2. The average molecular weight is 592 g/mol. The molecule has 0 aliphatic carbocycles. The third kappa shape index (κ3) is 12.6. The summed E-state index contributed by atoms with van der Waals surface area (Å²) in [6, 6.07) is 0. The topological polar surface area (TPSA) is 74.3 Å². The Kier molecular flexibility index (Phi) is 15.9. The number of carbonyl (C=O) groups excluding carboxylic acids is 2. The van der Waals surface area contributed by atoms with Gasteiger partial charge in [0.1, 0.15) is 0 Å². The number of thiocarbonyl (C=S) groups is 1. The first kappa shape index (κ1) is 36.5. The minimum absolute atomic E-state index is 0.0303. The van der Waals surface area contributed by atoms with Gasteiger partial charge in [-0.15, -0.1) is 0 Å². The summed E-state index contributed by atoms with van der Waals surface area (Å²) in [7, 11) is 0. The summed E-state index contributed by atoms with van der Waals surface area (Å²) in [5, 5.41) is 0. The van der Waals surface area contributed by atoms with Gasteiger partial charge in [-0.1, -0.05) is 25.6 Å². The SMILES string of the molecule is CCCC(=S)CCCOCCOCCCC(=O)C(F)(F)OC(F)(F)C(F)(F)OC(F)(F)C(=O)N(CC)CC. The van der Waals surface area contributed by atoms with Crippen molar-refractivity contribution in [3.8, 4) is 0 Å². The predicted octanol–water partition coefficient (Wildman–Crippen LogP) is 5.59. The van der Waals surface area contributed by atoms with Crippen molar-refractivity contribution in [2.45, 2.75) is 83.7 Å². The molecule has 0 rings (SSSR count). The Morgan fingerprint density at radius 1 is 0.684 bits per heavy atom. The van der Waals surface area contributed by atoms with Crippen LogP contribution in [0.2, 0.25) is 0 Å². The number of amides is 1. The van der Waals surface area contributed by atoms with Crippen LogP contribution in [0, 0.1) is 0 Å². The Labute approximate surface area is 221 Å². The molecule has 224 valence electrons. The fourth-order valence-electron chi connectivity index (χ4n) is 2.81. The second-order valence-corrected chi connectivity index (χ2v) is 8.47. The zero-order valence-corrected chi connectivity index (χ0v) is 22.1. The highest BCUT2D eigenvalue weighted by atomic mass is 32.1. The molecule has 0 spiro atoms. The third-order valence-corrected chi connectivity index (χ3v) is 5.22. The minimum Gasteiger partial charge on any atom is -0.379 e. The van der Waals surface area contributed by atoms with E-state index in [0.29, 0.717) is 13.0 Å². The Bertz CT molecular complexity index is 753. The fraction of sp³-hybridized carbons (Fsp3) is 0.864. The number of halogens is 8. The molecule has 0 atom stereocenters. The second-order valence-electron chi connectivity index (χ2n) is 7.89. The van der Waals surface area contributed by atoms with Gasteiger partial charge in [0, 0.05) is 32.7 Å². The van der Waals surface area contributed by atoms with Gasteiger partial charge in [0.05, 0.1) is 13.2 Å². The number of ketones is 1. The molecule has 16 heteroatoms. The molecule has 0 heterocycles. The van der Waals surface area contributed by atoms with Crippen molar-refractivity contribution in [3.05, 3.63) is 0 Å². The van der Waals surface area contributed by atoms with Crippen molar-refractivity contribution >= 4 is 28.8 Å². The first-order valence-corrected chi connectivity index (χ1v) is 12.3. The Morgan fingerprint density at radius 3 is 1.58 bits per heavy atom. The molecule has 0 fully saturated rings. The normalized spacial score (nSPS) is 13.0. The van der Waals surface area contributed by atoms with Crippen LogP contribution in [0.25, 0.3) is 0 Å². The van der Waals surface area contributed by atoms with Gasteiger partial charge < -0.3 is 14.4 Å². The Morgan fingerprint density at radius 2 is 1.13 bits per heavy atom. The predicted molar refractivity (Wildman–Crippen MR) is 123 cm³/mol. The quantitative estimate of drug-likeness (QED) is 0.0923. The molecule has 0 saturated carbocycles.